The highest BCUT2D eigenvalue weighted by Crippen LogP contribution is 2.24. The molecular formula is C17H29N. The summed E-state index contributed by atoms with van der Waals surface area (Å²) < 4.78 is 0. The summed E-state index contributed by atoms with van der Waals surface area (Å²) in [5.74, 6) is 0. The predicted octanol–water partition coefficient (Wildman–Crippen LogP) is 4.94. The Morgan fingerprint density at radius 2 is 1.78 bits per heavy atom. The first-order valence-electron chi connectivity index (χ1n) is 7.33. The van der Waals surface area contributed by atoms with Crippen LogP contribution in [0.25, 0.3) is 0 Å². The van der Waals surface area contributed by atoms with Gasteiger partial charge in [-0.25, -0.2) is 0 Å². The second-order valence-electron chi connectivity index (χ2n) is 6.13. The lowest BCUT2D eigenvalue weighted by molar-refractivity contribution is 0.291. The first-order valence-corrected chi connectivity index (χ1v) is 7.33. The van der Waals surface area contributed by atoms with E-state index in [1.807, 2.05) is 0 Å². The molecule has 0 saturated heterocycles. The molecule has 0 radical (unpaired) electrons. The molecule has 1 N–H and O–H groups in total. The van der Waals surface area contributed by atoms with Crippen LogP contribution in [0.3, 0.4) is 0 Å². The molecule has 1 unspecified atom stereocenters. The number of rotatable bonds is 8. The van der Waals surface area contributed by atoms with Crippen LogP contribution in [0, 0.1) is 5.41 Å². The van der Waals surface area contributed by atoms with E-state index in [4.69, 9.17) is 0 Å². The van der Waals surface area contributed by atoms with Gasteiger partial charge in [-0.1, -0.05) is 70.4 Å². The van der Waals surface area contributed by atoms with Crippen molar-refractivity contribution in [2.45, 2.75) is 59.4 Å². The molecular weight excluding hydrogens is 218 g/mol. The third-order valence-corrected chi connectivity index (χ3v) is 3.64. The topological polar surface area (TPSA) is 12.0 Å². The molecule has 0 saturated carbocycles. The van der Waals surface area contributed by atoms with Crippen LogP contribution >= 0.6 is 0 Å². The Kier molecular flexibility index (Phi) is 6.42. The highest BCUT2D eigenvalue weighted by Gasteiger charge is 2.18. The van der Waals surface area contributed by atoms with Crippen LogP contribution in [0.15, 0.2) is 30.3 Å². The van der Waals surface area contributed by atoms with E-state index < -0.39 is 0 Å². The molecule has 0 aliphatic rings. The lowest BCUT2D eigenvalue weighted by Crippen LogP contribution is -2.31. The van der Waals surface area contributed by atoms with Gasteiger partial charge in [0.1, 0.15) is 0 Å². The van der Waals surface area contributed by atoms with Crippen molar-refractivity contribution < 1.29 is 0 Å². The zero-order valence-corrected chi connectivity index (χ0v) is 12.5. The number of nitrogens with one attached hydrogen (secondary N) is 1. The van der Waals surface area contributed by atoms with E-state index >= 15 is 0 Å². The summed E-state index contributed by atoms with van der Waals surface area (Å²) in [4.78, 5) is 0. The summed E-state index contributed by atoms with van der Waals surface area (Å²) in [6.07, 6.45) is 5.34. The Balaban J connectivity index is 2.35. The van der Waals surface area contributed by atoms with Crippen molar-refractivity contribution in [3.8, 4) is 0 Å². The quantitative estimate of drug-likeness (QED) is 0.641. The number of unbranched alkanes of at least 4 members (excludes halogenated alkanes) is 2. The molecule has 18 heavy (non-hydrogen) atoms. The van der Waals surface area contributed by atoms with Gasteiger partial charge in [0.15, 0.2) is 0 Å². The molecule has 1 aromatic rings. The second-order valence-corrected chi connectivity index (χ2v) is 6.13. The number of hydrogen-bond acceptors (Lipinski definition) is 1. The molecule has 1 aromatic carbocycles. The molecule has 0 bridgehead atoms. The minimum absolute atomic E-state index is 0.401. The van der Waals surface area contributed by atoms with Crippen LogP contribution in [0.4, 0.5) is 0 Å². The van der Waals surface area contributed by atoms with Gasteiger partial charge in [-0.15, -0.1) is 0 Å². The molecule has 1 rings (SSSR count). The largest absolute Gasteiger partial charge is 0.310 e. The van der Waals surface area contributed by atoms with Crippen LogP contribution in [-0.4, -0.2) is 6.54 Å². The Morgan fingerprint density at radius 3 is 2.39 bits per heavy atom. The number of benzene rings is 1. The fraction of sp³-hybridized carbons (Fsp3) is 0.647. The minimum atomic E-state index is 0.401. The van der Waals surface area contributed by atoms with Gasteiger partial charge in [-0.05, 0) is 24.3 Å². The average Bonchev–Trinajstić information content (AvgIpc) is 2.37. The summed E-state index contributed by atoms with van der Waals surface area (Å²) >= 11 is 0. The van der Waals surface area contributed by atoms with E-state index in [9.17, 15) is 0 Å². The Hall–Kier alpha value is -0.820. The van der Waals surface area contributed by atoms with E-state index in [1.165, 1.54) is 31.2 Å². The summed E-state index contributed by atoms with van der Waals surface area (Å²) in [5.41, 5.74) is 1.78. The molecule has 102 valence electrons. The second kappa shape index (κ2) is 7.58. The summed E-state index contributed by atoms with van der Waals surface area (Å²) in [7, 11) is 0. The van der Waals surface area contributed by atoms with Crippen molar-refractivity contribution in [1.29, 1.82) is 0 Å². The van der Waals surface area contributed by atoms with Gasteiger partial charge in [-0.2, -0.15) is 0 Å². The Bertz CT molecular complexity index is 316. The third-order valence-electron chi connectivity index (χ3n) is 3.64. The molecule has 0 aliphatic heterocycles. The van der Waals surface area contributed by atoms with E-state index in [-0.39, 0.29) is 0 Å². The zero-order valence-electron chi connectivity index (χ0n) is 12.5. The highest BCUT2D eigenvalue weighted by atomic mass is 14.9. The maximum atomic E-state index is 3.67. The van der Waals surface area contributed by atoms with Crippen LogP contribution < -0.4 is 5.32 Å². The zero-order chi connectivity index (χ0) is 13.4. The van der Waals surface area contributed by atoms with E-state index in [0.717, 1.165) is 6.54 Å². The first-order chi connectivity index (χ1) is 8.55. The van der Waals surface area contributed by atoms with Gasteiger partial charge < -0.3 is 5.32 Å². The molecule has 0 heterocycles. The molecule has 1 nitrogen and oxygen atoms in total. The molecule has 0 amide bonds. The lowest BCUT2D eigenvalue weighted by Gasteiger charge is -2.27. The van der Waals surface area contributed by atoms with Crippen LogP contribution in [0.1, 0.15) is 65.0 Å². The van der Waals surface area contributed by atoms with Gasteiger partial charge >= 0.3 is 0 Å². The van der Waals surface area contributed by atoms with Crippen molar-refractivity contribution in [2.75, 3.05) is 6.54 Å². The average molecular weight is 247 g/mol. The fourth-order valence-corrected chi connectivity index (χ4v) is 2.23. The van der Waals surface area contributed by atoms with E-state index in [1.54, 1.807) is 0 Å². The Morgan fingerprint density at radius 1 is 1.11 bits per heavy atom. The smallest absolute Gasteiger partial charge is 0.0292 e. The summed E-state index contributed by atoms with van der Waals surface area (Å²) in [5, 5.41) is 3.67. The molecule has 0 spiro atoms. The monoisotopic (exact) mass is 247 g/mol. The minimum Gasteiger partial charge on any atom is -0.310 e. The summed E-state index contributed by atoms with van der Waals surface area (Å²) in [6, 6.07) is 11.1. The maximum Gasteiger partial charge on any atom is 0.0292 e. The molecule has 1 heteroatoms. The van der Waals surface area contributed by atoms with Crippen molar-refractivity contribution in [1.82, 2.24) is 5.32 Å². The normalized spacial score (nSPS) is 13.6. The van der Waals surface area contributed by atoms with Gasteiger partial charge in [-0.3, -0.25) is 0 Å². The first kappa shape index (κ1) is 15.2. The van der Waals surface area contributed by atoms with E-state index in [2.05, 4.69) is 63.3 Å². The summed E-state index contributed by atoms with van der Waals surface area (Å²) in [6.45, 7) is 10.3. The van der Waals surface area contributed by atoms with Crippen LogP contribution in [0.5, 0.6) is 0 Å². The predicted molar refractivity (Wildman–Crippen MR) is 80.8 cm³/mol. The lowest BCUT2D eigenvalue weighted by atomic mass is 9.86. The van der Waals surface area contributed by atoms with Gasteiger partial charge in [0.2, 0.25) is 0 Å². The van der Waals surface area contributed by atoms with Gasteiger partial charge in [0, 0.05) is 12.6 Å². The maximum absolute atomic E-state index is 3.67. The van der Waals surface area contributed by atoms with Crippen molar-refractivity contribution in [3.05, 3.63) is 35.9 Å². The van der Waals surface area contributed by atoms with Crippen molar-refractivity contribution in [3.63, 3.8) is 0 Å². The third kappa shape index (κ3) is 5.68. The fourth-order valence-electron chi connectivity index (χ4n) is 2.23. The Labute approximate surface area is 113 Å². The van der Waals surface area contributed by atoms with Crippen LogP contribution in [0.2, 0.25) is 0 Å². The standard InChI is InChI=1S/C17H29N/c1-5-6-10-13-17(3,4)14-18-15(2)16-11-8-7-9-12-16/h7-9,11-12,15,18H,5-6,10,13-14H2,1-4H3. The van der Waals surface area contributed by atoms with E-state index in [0.29, 0.717) is 11.5 Å². The molecule has 0 aliphatic carbocycles. The van der Waals surface area contributed by atoms with Gasteiger partial charge in [0.05, 0.1) is 0 Å². The van der Waals surface area contributed by atoms with Gasteiger partial charge in [0.25, 0.3) is 0 Å². The van der Waals surface area contributed by atoms with Crippen molar-refractivity contribution >= 4 is 0 Å². The van der Waals surface area contributed by atoms with Crippen molar-refractivity contribution in [2.24, 2.45) is 5.41 Å². The van der Waals surface area contributed by atoms with Crippen LogP contribution in [-0.2, 0) is 0 Å². The number of hydrogen-bond donors (Lipinski definition) is 1. The molecule has 0 aromatic heterocycles. The SMILES string of the molecule is CCCCCC(C)(C)CNC(C)c1ccccc1. The molecule has 1 atom stereocenters. The highest BCUT2D eigenvalue weighted by molar-refractivity contribution is 5.18. The molecule has 0 fully saturated rings.